The van der Waals surface area contributed by atoms with Gasteiger partial charge in [-0.1, -0.05) is 29.8 Å². The normalized spacial score (nSPS) is 20.4. The number of rotatable bonds is 5. The zero-order valence-electron chi connectivity index (χ0n) is 15.2. The molecular weight excluding hydrogens is 296 g/mol. The Labute approximate surface area is 145 Å². The van der Waals surface area contributed by atoms with Gasteiger partial charge in [-0.25, -0.2) is 4.98 Å². The summed E-state index contributed by atoms with van der Waals surface area (Å²) in [6, 6.07) is 11.5. The maximum Gasteiger partial charge on any atom is 0.227 e. The largest absolute Gasteiger partial charge is 0.353 e. The van der Waals surface area contributed by atoms with Gasteiger partial charge in [0, 0.05) is 37.8 Å². The molecule has 0 spiro atoms. The molecule has 1 aliphatic rings. The van der Waals surface area contributed by atoms with Crippen molar-refractivity contribution in [2.24, 2.45) is 0 Å². The van der Waals surface area contributed by atoms with Gasteiger partial charge in [-0.05, 0) is 45.7 Å². The van der Waals surface area contributed by atoms with Crippen LogP contribution in [0, 0.1) is 6.92 Å². The summed E-state index contributed by atoms with van der Waals surface area (Å²) in [7, 11) is 0. The van der Waals surface area contributed by atoms with Gasteiger partial charge in [0.25, 0.3) is 0 Å². The number of hydrogen-bond acceptors (Lipinski definition) is 4. The number of benzene rings is 1. The molecule has 2 atom stereocenters. The summed E-state index contributed by atoms with van der Waals surface area (Å²) in [5.74, 6) is 2.46. The first-order valence-corrected chi connectivity index (χ1v) is 9.03. The molecule has 0 amide bonds. The predicted octanol–water partition coefficient (Wildman–Crippen LogP) is 4.01. The first-order chi connectivity index (χ1) is 11.6. The molecule has 4 nitrogen and oxygen atoms in total. The van der Waals surface area contributed by atoms with E-state index in [1.54, 1.807) is 0 Å². The van der Waals surface area contributed by atoms with Gasteiger partial charge in [0.2, 0.25) is 5.95 Å². The molecule has 2 unspecified atom stereocenters. The second kappa shape index (κ2) is 7.20. The van der Waals surface area contributed by atoms with Crippen molar-refractivity contribution in [2.75, 3.05) is 29.4 Å². The van der Waals surface area contributed by atoms with E-state index < -0.39 is 0 Å². The molecule has 0 N–H and O–H groups in total. The molecule has 3 rings (SSSR count). The zero-order chi connectivity index (χ0) is 17.1. The van der Waals surface area contributed by atoms with Crippen molar-refractivity contribution in [3.05, 3.63) is 47.7 Å². The molecule has 1 aromatic carbocycles. The number of aryl methyl sites for hydroxylation is 1. The first-order valence-electron chi connectivity index (χ1n) is 9.03. The van der Waals surface area contributed by atoms with Crippen LogP contribution in [0.15, 0.2) is 36.5 Å². The van der Waals surface area contributed by atoms with Gasteiger partial charge in [0.05, 0.1) is 0 Å². The smallest absolute Gasteiger partial charge is 0.227 e. The fourth-order valence-corrected chi connectivity index (χ4v) is 3.59. The number of aromatic nitrogens is 2. The molecule has 0 saturated carbocycles. The van der Waals surface area contributed by atoms with Crippen LogP contribution in [0.2, 0.25) is 0 Å². The highest BCUT2D eigenvalue weighted by molar-refractivity contribution is 5.47. The summed E-state index contributed by atoms with van der Waals surface area (Å²) in [6.07, 6.45) is 3.07. The monoisotopic (exact) mass is 324 g/mol. The van der Waals surface area contributed by atoms with Gasteiger partial charge in [-0.15, -0.1) is 0 Å². The summed E-state index contributed by atoms with van der Waals surface area (Å²) >= 11 is 0. The Hall–Kier alpha value is -2.10. The summed E-state index contributed by atoms with van der Waals surface area (Å²) in [5, 5.41) is 0. The minimum atomic E-state index is 0.496. The molecular formula is C20H28N4. The van der Waals surface area contributed by atoms with Crippen LogP contribution in [0.1, 0.15) is 44.2 Å². The Kier molecular flexibility index (Phi) is 5.03. The van der Waals surface area contributed by atoms with Crippen molar-refractivity contribution in [3.8, 4) is 0 Å². The fourth-order valence-electron chi connectivity index (χ4n) is 3.59. The van der Waals surface area contributed by atoms with E-state index in [2.05, 4.69) is 66.7 Å². The number of anilines is 2. The maximum absolute atomic E-state index is 4.83. The number of nitrogens with zero attached hydrogens (tertiary/aromatic N) is 4. The Morgan fingerprint density at radius 1 is 1.12 bits per heavy atom. The highest BCUT2D eigenvalue weighted by atomic mass is 15.3. The summed E-state index contributed by atoms with van der Waals surface area (Å²) in [6.45, 7) is 11.6. The third-order valence-electron chi connectivity index (χ3n) is 5.09. The summed E-state index contributed by atoms with van der Waals surface area (Å²) < 4.78 is 0. The second-order valence-corrected chi connectivity index (χ2v) is 6.73. The SMILES string of the molecule is CCN(CC)c1nccc(N2CC(c3ccc(C)cc3)CC2C)n1. The van der Waals surface area contributed by atoms with Gasteiger partial charge in [-0.3, -0.25) is 0 Å². The van der Waals surface area contributed by atoms with E-state index in [9.17, 15) is 0 Å². The zero-order valence-corrected chi connectivity index (χ0v) is 15.2. The van der Waals surface area contributed by atoms with Crippen molar-refractivity contribution < 1.29 is 0 Å². The lowest BCUT2D eigenvalue weighted by Gasteiger charge is -2.25. The molecule has 1 aliphatic heterocycles. The van der Waals surface area contributed by atoms with Gasteiger partial charge in [-0.2, -0.15) is 4.98 Å². The molecule has 4 heteroatoms. The van der Waals surface area contributed by atoms with E-state index >= 15 is 0 Å². The Morgan fingerprint density at radius 2 is 1.83 bits per heavy atom. The van der Waals surface area contributed by atoms with E-state index in [0.717, 1.165) is 31.4 Å². The van der Waals surface area contributed by atoms with Crippen molar-refractivity contribution in [3.63, 3.8) is 0 Å². The summed E-state index contributed by atoms with van der Waals surface area (Å²) in [4.78, 5) is 13.9. The van der Waals surface area contributed by atoms with Gasteiger partial charge < -0.3 is 9.80 Å². The highest BCUT2D eigenvalue weighted by Crippen LogP contribution is 2.34. The van der Waals surface area contributed by atoms with E-state index in [1.807, 2.05) is 12.3 Å². The Morgan fingerprint density at radius 3 is 2.50 bits per heavy atom. The minimum absolute atomic E-state index is 0.496. The van der Waals surface area contributed by atoms with Crippen LogP contribution in [0.5, 0.6) is 0 Å². The Balaban J connectivity index is 1.80. The molecule has 2 aromatic rings. The van der Waals surface area contributed by atoms with Gasteiger partial charge in [0.15, 0.2) is 0 Å². The van der Waals surface area contributed by atoms with Crippen LogP contribution in [0.4, 0.5) is 11.8 Å². The average molecular weight is 324 g/mol. The Bertz CT molecular complexity index is 664. The molecule has 0 aliphatic carbocycles. The van der Waals surface area contributed by atoms with E-state index in [1.165, 1.54) is 17.5 Å². The minimum Gasteiger partial charge on any atom is -0.353 e. The molecule has 0 bridgehead atoms. The molecule has 1 saturated heterocycles. The van der Waals surface area contributed by atoms with Gasteiger partial charge >= 0.3 is 0 Å². The van der Waals surface area contributed by atoms with Crippen LogP contribution < -0.4 is 9.80 Å². The lowest BCUT2D eigenvalue weighted by molar-refractivity contribution is 0.695. The van der Waals surface area contributed by atoms with Crippen LogP contribution in [0.3, 0.4) is 0 Å². The van der Waals surface area contributed by atoms with E-state index in [0.29, 0.717) is 12.0 Å². The first kappa shape index (κ1) is 16.7. The molecule has 1 aromatic heterocycles. The number of hydrogen-bond donors (Lipinski definition) is 0. The second-order valence-electron chi connectivity index (χ2n) is 6.73. The maximum atomic E-state index is 4.83. The standard InChI is InChI=1S/C20H28N4/c1-5-23(6-2)20-21-12-11-19(22-20)24-14-18(13-16(24)4)17-9-7-15(3)8-10-17/h7-12,16,18H,5-6,13-14H2,1-4H3. The lowest BCUT2D eigenvalue weighted by Crippen LogP contribution is -2.29. The van der Waals surface area contributed by atoms with Gasteiger partial charge in [0.1, 0.15) is 5.82 Å². The van der Waals surface area contributed by atoms with Crippen LogP contribution >= 0.6 is 0 Å². The van der Waals surface area contributed by atoms with Crippen molar-refractivity contribution in [2.45, 2.75) is 46.1 Å². The van der Waals surface area contributed by atoms with Crippen LogP contribution in [0.25, 0.3) is 0 Å². The quantitative estimate of drug-likeness (QED) is 0.832. The highest BCUT2D eigenvalue weighted by Gasteiger charge is 2.31. The fraction of sp³-hybridized carbons (Fsp3) is 0.500. The van der Waals surface area contributed by atoms with E-state index in [4.69, 9.17) is 4.98 Å². The van der Waals surface area contributed by atoms with Crippen molar-refractivity contribution in [1.82, 2.24) is 9.97 Å². The van der Waals surface area contributed by atoms with Crippen LogP contribution in [-0.2, 0) is 0 Å². The molecule has 1 fully saturated rings. The van der Waals surface area contributed by atoms with Crippen molar-refractivity contribution >= 4 is 11.8 Å². The third kappa shape index (κ3) is 3.37. The molecule has 0 radical (unpaired) electrons. The van der Waals surface area contributed by atoms with E-state index in [-0.39, 0.29) is 0 Å². The lowest BCUT2D eigenvalue weighted by atomic mass is 9.96. The summed E-state index contributed by atoms with van der Waals surface area (Å²) in [5.41, 5.74) is 2.76. The predicted molar refractivity (Wildman–Crippen MR) is 101 cm³/mol. The topological polar surface area (TPSA) is 32.3 Å². The molecule has 2 heterocycles. The third-order valence-corrected chi connectivity index (χ3v) is 5.09. The van der Waals surface area contributed by atoms with Crippen LogP contribution in [-0.4, -0.2) is 35.6 Å². The molecule has 128 valence electrons. The van der Waals surface area contributed by atoms with Crippen molar-refractivity contribution in [1.29, 1.82) is 0 Å². The average Bonchev–Trinajstić information content (AvgIpc) is 2.99. The molecule has 24 heavy (non-hydrogen) atoms.